The van der Waals surface area contributed by atoms with Gasteiger partial charge in [0.25, 0.3) is 5.91 Å². The van der Waals surface area contributed by atoms with Gasteiger partial charge in [0.2, 0.25) is 0 Å². The van der Waals surface area contributed by atoms with E-state index in [1.54, 1.807) is 0 Å². The van der Waals surface area contributed by atoms with Crippen LogP contribution in [0.4, 0.5) is 0 Å². The topological polar surface area (TPSA) is 64.3 Å². The summed E-state index contributed by atoms with van der Waals surface area (Å²) in [6, 6.07) is 7.94. The second-order valence-electron chi connectivity index (χ2n) is 6.17. The highest BCUT2D eigenvalue weighted by molar-refractivity contribution is 5.85. The number of para-hydroxylation sites is 1. The second-order valence-corrected chi connectivity index (χ2v) is 6.17. The number of hydrogen-bond acceptors (Lipinski definition) is 3. The molecule has 22 heavy (non-hydrogen) atoms. The van der Waals surface area contributed by atoms with Crippen molar-refractivity contribution in [3.05, 3.63) is 29.8 Å². The molecule has 3 N–H and O–H groups in total. The van der Waals surface area contributed by atoms with Crippen molar-refractivity contribution in [2.24, 2.45) is 11.7 Å². The van der Waals surface area contributed by atoms with Crippen molar-refractivity contribution in [2.75, 3.05) is 6.54 Å². The average Bonchev–Trinajstić information content (AvgIpc) is 2.97. The fourth-order valence-electron chi connectivity index (χ4n) is 3.51. The number of benzene rings is 1. The van der Waals surface area contributed by atoms with Crippen molar-refractivity contribution in [1.29, 1.82) is 0 Å². The maximum Gasteiger partial charge on any atom is 0.261 e. The number of fused-ring (bicyclic) bond motifs is 1. The van der Waals surface area contributed by atoms with Gasteiger partial charge >= 0.3 is 0 Å². The Balaban J connectivity index is 0.00000176. The Hall–Kier alpha value is -1.26. The number of rotatable bonds is 4. The van der Waals surface area contributed by atoms with Crippen molar-refractivity contribution in [3.63, 3.8) is 0 Å². The molecule has 5 heteroatoms. The molecule has 1 fully saturated rings. The smallest absolute Gasteiger partial charge is 0.261 e. The Bertz CT molecular complexity index is 478. The van der Waals surface area contributed by atoms with Gasteiger partial charge in [0, 0.05) is 19.0 Å². The molecule has 2 aliphatic rings. The summed E-state index contributed by atoms with van der Waals surface area (Å²) < 4.78 is 5.75. The molecule has 1 amide bonds. The van der Waals surface area contributed by atoms with Crippen LogP contribution in [-0.4, -0.2) is 24.6 Å². The molecule has 0 radical (unpaired) electrons. The van der Waals surface area contributed by atoms with Gasteiger partial charge in [-0.15, -0.1) is 12.4 Å². The maximum atomic E-state index is 12.4. The molecule has 2 unspecified atom stereocenters. The molecular weight excluding hydrogens is 300 g/mol. The van der Waals surface area contributed by atoms with Gasteiger partial charge in [0.1, 0.15) is 5.75 Å². The Morgan fingerprint density at radius 2 is 2.00 bits per heavy atom. The SMILES string of the molecule is Cl.NCC(NC(=O)C1Cc2ccccc2O1)C1CCCCC1. The summed E-state index contributed by atoms with van der Waals surface area (Å²) in [5, 5.41) is 3.12. The van der Waals surface area contributed by atoms with Crippen LogP contribution in [0.3, 0.4) is 0 Å². The molecule has 0 aromatic heterocycles. The van der Waals surface area contributed by atoms with E-state index >= 15 is 0 Å². The highest BCUT2D eigenvalue weighted by Crippen LogP contribution is 2.29. The average molecular weight is 325 g/mol. The lowest BCUT2D eigenvalue weighted by atomic mass is 9.84. The highest BCUT2D eigenvalue weighted by atomic mass is 35.5. The number of hydrogen-bond donors (Lipinski definition) is 2. The van der Waals surface area contributed by atoms with Gasteiger partial charge in [-0.25, -0.2) is 0 Å². The molecule has 1 aliphatic carbocycles. The van der Waals surface area contributed by atoms with E-state index in [2.05, 4.69) is 5.32 Å². The molecule has 2 atom stereocenters. The quantitative estimate of drug-likeness (QED) is 0.894. The molecule has 1 aromatic rings. The Labute approximate surface area is 138 Å². The summed E-state index contributed by atoms with van der Waals surface area (Å²) in [4.78, 5) is 12.4. The van der Waals surface area contributed by atoms with Crippen LogP contribution < -0.4 is 15.8 Å². The number of amides is 1. The molecule has 3 rings (SSSR count). The van der Waals surface area contributed by atoms with Gasteiger partial charge in [-0.05, 0) is 30.4 Å². The second kappa shape index (κ2) is 7.84. The van der Waals surface area contributed by atoms with Gasteiger partial charge in [-0.3, -0.25) is 4.79 Å². The fraction of sp³-hybridized carbons (Fsp3) is 0.588. The van der Waals surface area contributed by atoms with Crippen LogP contribution in [0.15, 0.2) is 24.3 Å². The lowest BCUT2D eigenvalue weighted by Gasteiger charge is -2.30. The number of ether oxygens (including phenoxy) is 1. The van der Waals surface area contributed by atoms with Crippen LogP contribution >= 0.6 is 12.4 Å². The van der Waals surface area contributed by atoms with E-state index in [9.17, 15) is 4.79 Å². The lowest BCUT2D eigenvalue weighted by molar-refractivity contribution is -0.128. The van der Waals surface area contributed by atoms with Crippen molar-refractivity contribution >= 4 is 18.3 Å². The number of nitrogens with one attached hydrogen (secondary N) is 1. The van der Waals surface area contributed by atoms with Crippen LogP contribution in [0.25, 0.3) is 0 Å². The number of nitrogens with two attached hydrogens (primary N) is 1. The number of carbonyl (C=O) groups excluding carboxylic acids is 1. The summed E-state index contributed by atoms with van der Waals surface area (Å²) >= 11 is 0. The van der Waals surface area contributed by atoms with Crippen molar-refractivity contribution in [1.82, 2.24) is 5.32 Å². The fourth-order valence-corrected chi connectivity index (χ4v) is 3.51. The minimum absolute atomic E-state index is 0. The highest BCUT2D eigenvalue weighted by Gasteiger charge is 2.32. The van der Waals surface area contributed by atoms with Gasteiger partial charge in [0.05, 0.1) is 0 Å². The number of halogens is 1. The molecule has 0 saturated heterocycles. The zero-order valence-electron chi connectivity index (χ0n) is 12.8. The first-order valence-corrected chi connectivity index (χ1v) is 8.03. The Kier molecular flexibility index (Phi) is 6.09. The lowest BCUT2D eigenvalue weighted by Crippen LogP contribution is -2.50. The summed E-state index contributed by atoms with van der Waals surface area (Å²) in [5.74, 6) is 1.34. The Morgan fingerprint density at radius 1 is 1.27 bits per heavy atom. The summed E-state index contributed by atoms with van der Waals surface area (Å²) in [5.41, 5.74) is 6.99. The van der Waals surface area contributed by atoms with E-state index in [1.807, 2.05) is 24.3 Å². The van der Waals surface area contributed by atoms with E-state index in [0.717, 1.165) is 11.3 Å². The van der Waals surface area contributed by atoms with E-state index in [4.69, 9.17) is 10.5 Å². The molecule has 1 heterocycles. The van der Waals surface area contributed by atoms with Crippen LogP contribution in [0, 0.1) is 5.92 Å². The third kappa shape index (κ3) is 3.73. The largest absolute Gasteiger partial charge is 0.480 e. The number of carbonyl (C=O) groups is 1. The summed E-state index contributed by atoms with van der Waals surface area (Å²) in [6.07, 6.45) is 6.42. The minimum Gasteiger partial charge on any atom is -0.480 e. The van der Waals surface area contributed by atoms with Crippen LogP contribution in [-0.2, 0) is 11.2 Å². The zero-order valence-corrected chi connectivity index (χ0v) is 13.6. The van der Waals surface area contributed by atoms with Crippen molar-refractivity contribution in [2.45, 2.75) is 50.7 Å². The molecule has 0 spiro atoms. The molecule has 1 aliphatic heterocycles. The third-order valence-electron chi connectivity index (χ3n) is 4.74. The van der Waals surface area contributed by atoms with Gasteiger partial charge < -0.3 is 15.8 Å². The van der Waals surface area contributed by atoms with Gasteiger partial charge in [0.15, 0.2) is 6.10 Å². The zero-order chi connectivity index (χ0) is 14.7. The maximum absolute atomic E-state index is 12.4. The predicted molar refractivity (Wildman–Crippen MR) is 89.4 cm³/mol. The normalized spacial score (nSPS) is 22.1. The first-order chi connectivity index (χ1) is 10.3. The molecule has 0 bridgehead atoms. The van der Waals surface area contributed by atoms with E-state index < -0.39 is 6.10 Å². The van der Waals surface area contributed by atoms with Crippen LogP contribution in [0.1, 0.15) is 37.7 Å². The van der Waals surface area contributed by atoms with E-state index in [0.29, 0.717) is 18.9 Å². The van der Waals surface area contributed by atoms with Crippen molar-refractivity contribution in [3.8, 4) is 5.75 Å². The molecular formula is C17H25ClN2O2. The van der Waals surface area contributed by atoms with Crippen LogP contribution in [0.2, 0.25) is 0 Å². The molecule has 1 saturated carbocycles. The monoisotopic (exact) mass is 324 g/mol. The first-order valence-electron chi connectivity index (χ1n) is 8.03. The van der Waals surface area contributed by atoms with Crippen LogP contribution in [0.5, 0.6) is 5.75 Å². The standard InChI is InChI=1S/C17H24N2O2.ClH/c18-11-14(12-6-2-1-3-7-12)19-17(20)16-10-13-8-4-5-9-15(13)21-16;/h4-5,8-9,12,14,16H,1-3,6-7,10-11,18H2,(H,19,20);1H. The molecule has 122 valence electrons. The molecule has 1 aromatic carbocycles. The Morgan fingerprint density at radius 3 is 2.68 bits per heavy atom. The molecule has 4 nitrogen and oxygen atoms in total. The van der Waals surface area contributed by atoms with Gasteiger partial charge in [-0.2, -0.15) is 0 Å². The van der Waals surface area contributed by atoms with E-state index in [1.165, 1.54) is 32.1 Å². The van der Waals surface area contributed by atoms with Crippen molar-refractivity contribution < 1.29 is 9.53 Å². The summed E-state index contributed by atoms with van der Waals surface area (Å²) in [6.45, 7) is 0.510. The predicted octanol–water partition coefficient (Wildman–Crippen LogP) is 2.44. The first kappa shape index (κ1) is 17.1. The van der Waals surface area contributed by atoms with Gasteiger partial charge in [-0.1, -0.05) is 37.5 Å². The third-order valence-corrected chi connectivity index (χ3v) is 4.74. The minimum atomic E-state index is -0.403. The summed E-state index contributed by atoms with van der Waals surface area (Å²) in [7, 11) is 0. The van der Waals surface area contributed by atoms with E-state index in [-0.39, 0.29) is 24.4 Å².